The van der Waals surface area contributed by atoms with Crippen LogP contribution >= 0.6 is 27.3 Å². The fourth-order valence-corrected chi connectivity index (χ4v) is 3.93. The summed E-state index contributed by atoms with van der Waals surface area (Å²) in [5, 5.41) is 13.4. The zero-order valence-electron chi connectivity index (χ0n) is 12.8. The predicted octanol–water partition coefficient (Wildman–Crippen LogP) is 4.48. The van der Waals surface area contributed by atoms with E-state index in [4.69, 9.17) is 5.11 Å². The van der Waals surface area contributed by atoms with E-state index in [1.54, 1.807) is 17.7 Å². The number of aliphatic hydroxyl groups excluding tert-OH is 1. The molecular formula is C17H18BrN3OS. The van der Waals surface area contributed by atoms with Gasteiger partial charge in [0.1, 0.15) is 17.0 Å². The molecule has 0 aliphatic heterocycles. The Morgan fingerprint density at radius 2 is 2.00 bits per heavy atom. The van der Waals surface area contributed by atoms with Crippen LogP contribution in [0.15, 0.2) is 35.1 Å². The van der Waals surface area contributed by atoms with Crippen LogP contribution in [0.4, 0.5) is 5.82 Å². The zero-order valence-corrected chi connectivity index (χ0v) is 15.2. The van der Waals surface area contributed by atoms with Gasteiger partial charge in [0.15, 0.2) is 0 Å². The molecule has 2 N–H and O–H groups in total. The summed E-state index contributed by atoms with van der Waals surface area (Å²) in [5.41, 5.74) is 2.39. The molecule has 0 aliphatic carbocycles. The van der Waals surface area contributed by atoms with E-state index >= 15 is 0 Å². The highest BCUT2D eigenvalue weighted by Gasteiger charge is 2.17. The molecule has 0 spiro atoms. The van der Waals surface area contributed by atoms with Crippen molar-refractivity contribution in [1.29, 1.82) is 0 Å². The Bertz CT molecular complexity index is 801. The number of aromatic nitrogens is 2. The van der Waals surface area contributed by atoms with E-state index in [1.165, 1.54) is 16.0 Å². The minimum atomic E-state index is 0.171. The lowest BCUT2D eigenvalue weighted by molar-refractivity contribution is 0.292. The third-order valence-corrected chi connectivity index (χ3v) is 5.41. The highest BCUT2D eigenvalue weighted by atomic mass is 79.9. The van der Waals surface area contributed by atoms with E-state index in [2.05, 4.69) is 62.4 Å². The van der Waals surface area contributed by atoms with E-state index in [9.17, 15) is 0 Å². The van der Waals surface area contributed by atoms with Gasteiger partial charge in [-0.15, -0.1) is 11.3 Å². The summed E-state index contributed by atoms with van der Waals surface area (Å²) in [7, 11) is 0. The number of hydrogen-bond acceptors (Lipinski definition) is 5. The van der Waals surface area contributed by atoms with Crippen LogP contribution in [0.2, 0.25) is 0 Å². The van der Waals surface area contributed by atoms with Crippen molar-refractivity contribution in [1.82, 2.24) is 9.97 Å². The van der Waals surface area contributed by atoms with Crippen molar-refractivity contribution >= 4 is 43.3 Å². The molecule has 1 aromatic carbocycles. The van der Waals surface area contributed by atoms with Crippen LogP contribution in [-0.4, -0.2) is 28.2 Å². The molecule has 2 heterocycles. The Labute approximate surface area is 147 Å². The van der Waals surface area contributed by atoms with E-state index in [0.29, 0.717) is 13.0 Å². The molecule has 0 saturated heterocycles. The number of benzene rings is 1. The normalized spacial score (nSPS) is 11.1. The molecule has 2 aromatic heterocycles. The van der Waals surface area contributed by atoms with E-state index < -0.39 is 0 Å². The molecule has 0 atom stereocenters. The second kappa shape index (κ2) is 7.38. The number of rotatable bonds is 6. The Morgan fingerprint density at radius 1 is 1.22 bits per heavy atom. The molecule has 3 aromatic rings. The fourth-order valence-electron chi connectivity index (χ4n) is 2.57. The van der Waals surface area contributed by atoms with Crippen LogP contribution < -0.4 is 5.32 Å². The van der Waals surface area contributed by atoms with Gasteiger partial charge in [-0.25, -0.2) is 9.97 Å². The number of halogens is 1. The van der Waals surface area contributed by atoms with Gasteiger partial charge >= 0.3 is 0 Å². The van der Waals surface area contributed by atoms with Gasteiger partial charge in [-0.3, -0.25) is 0 Å². The number of nitrogens with zero attached hydrogens (tertiary/aromatic N) is 2. The third kappa shape index (κ3) is 3.39. The van der Waals surface area contributed by atoms with Crippen molar-refractivity contribution < 1.29 is 5.11 Å². The molecule has 0 amide bonds. The minimum absolute atomic E-state index is 0.171. The first-order chi connectivity index (χ1) is 11.2. The summed E-state index contributed by atoms with van der Waals surface area (Å²) in [6.45, 7) is 3.03. The zero-order chi connectivity index (χ0) is 16.2. The number of fused-ring (bicyclic) bond motifs is 1. The Hall–Kier alpha value is -1.50. The lowest BCUT2D eigenvalue weighted by Crippen LogP contribution is -2.05. The summed E-state index contributed by atoms with van der Waals surface area (Å²) in [6.07, 6.45) is 3.26. The van der Waals surface area contributed by atoms with Gasteiger partial charge in [-0.2, -0.15) is 0 Å². The monoisotopic (exact) mass is 391 g/mol. The number of thiophene rings is 1. The molecule has 6 heteroatoms. The fraction of sp³-hybridized carbons (Fsp3) is 0.294. The quantitative estimate of drug-likeness (QED) is 0.608. The molecule has 0 bridgehead atoms. The summed E-state index contributed by atoms with van der Waals surface area (Å²) >= 11 is 5.22. The van der Waals surface area contributed by atoms with Crippen molar-refractivity contribution in [3.8, 4) is 11.1 Å². The summed E-state index contributed by atoms with van der Waals surface area (Å²) < 4.78 is 1.07. The number of aryl methyl sites for hydroxylation is 1. The van der Waals surface area contributed by atoms with Crippen LogP contribution in [0.5, 0.6) is 0 Å². The molecule has 23 heavy (non-hydrogen) atoms. The Balaban J connectivity index is 2.15. The molecule has 4 nitrogen and oxygen atoms in total. The first-order valence-electron chi connectivity index (χ1n) is 7.61. The molecular weight excluding hydrogens is 374 g/mol. The van der Waals surface area contributed by atoms with Crippen LogP contribution in [-0.2, 0) is 6.42 Å². The van der Waals surface area contributed by atoms with Gasteiger partial charge in [0.25, 0.3) is 0 Å². The maximum Gasteiger partial charge on any atom is 0.138 e. The summed E-state index contributed by atoms with van der Waals surface area (Å²) in [6, 6.07) is 8.35. The number of aliphatic hydroxyl groups is 1. The topological polar surface area (TPSA) is 58.0 Å². The Kier molecular flexibility index (Phi) is 5.25. The summed E-state index contributed by atoms with van der Waals surface area (Å²) in [4.78, 5) is 11.2. The average molecular weight is 392 g/mol. The highest BCUT2D eigenvalue weighted by molar-refractivity contribution is 9.10. The van der Waals surface area contributed by atoms with Crippen molar-refractivity contribution in [3.05, 3.63) is 39.9 Å². The molecule has 0 radical (unpaired) electrons. The highest BCUT2D eigenvalue weighted by Crippen LogP contribution is 2.41. The van der Waals surface area contributed by atoms with Gasteiger partial charge in [-0.1, -0.05) is 35.0 Å². The Morgan fingerprint density at radius 3 is 2.70 bits per heavy atom. The lowest BCUT2D eigenvalue weighted by atomic mass is 10.0. The van der Waals surface area contributed by atoms with Crippen LogP contribution in [0.3, 0.4) is 0 Å². The van der Waals surface area contributed by atoms with E-state index in [-0.39, 0.29) is 6.61 Å². The standard InChI is InChI=1S/C17H18BrN3OS/c1-2-13-14(11-4-6-12(18)7-5-11)15-16(19-8-3-9-22)20-10-21-17(15)23-13/h4-7,10,22H,2-3,8-9H2,1H3,(H,19,20,21). The lowest BCUT2D eigenvalue weighted by Gasteiger charge is -2.09. The van der Waals surface area contributed by atoms with Gasteiger partial charge in [0.2, 0.25) is 0 Å². The number of hydrogen-bond donors (Lipinski definition) is 2. The second-order valence-electron chi connectivity index (χ2n) is 5.17. The predicted molar refractivity (Wildman–Crippen MR) is 100 cm³/mol. The SMILES string of the molecule is CCc1sc2ncnc(NCCCO)c2c1-c1ccc(Br)cc1. The van der Waals surface area contributed by atoms with Gasteiger partial charge in [0, 0.05) is 28.1 Å². The van der Waals surface area contributed by atoms with Crippen molar-refractivity contribution in [2.45, 2.75) is 19.8 Å². The third-order valence-electron chi connectivity index (χ3n) is 3.64. The van der Waals surface area contributed by atoms with Gasteiger partial charge in [0.05, 0.1) is 5.39 Å². The van der Waals surface area contributed by atoms with Crippen molar-refractivity contribution in [3.63, 3.8) is 0 Å². The molecule has 0 fully saturated rings. The van der Waals surface area contributed by atoms with Gasteiger partial charge in [-0.05, 0) is 30.5 Å². The first kappa shape index (κ1) is 16.4. The number of nitrogens with one attached hydrogen (secondary N) is 1. The first-order valence-corrected chi connectivity index (χ1v) is 9.22. The van der Waals surface area contributed by atoms with Crippen molar-refractivity contribution in [2.24, 2.45) is 0 Å². The number of anilines is 1. The van der Waals surface area contributed by atoms with Crippen molar-refractivity contribution in [2.75, 3.05) is 18.5 Å². The van der Waals surface area contributed by atoms with E-state index in [0.717, 1.165) is 26.9 Å². The molecule has 0 unspecified atom stereocenters. The second-order valence-corrected chi connectivity index (χ2v) is 7.17. The molecule has 120 valence electrons. The molecule has 0 saturated carbocycles. The molecule has 0 aliphatic rings. The largest absolute Gasteiger partial charge is 0.396 e. The van der Waals surface area contributed by atoms with Crippen LogP contribution in [0.25, 0.3) is 21.3 Å². The summed E-state index contributed by atoms with van der Waals surface area (Å²) in [5.74, 6) is 0.845. The average Bonchev–Trinajstić information content (AvgIpc) is 2.95. The van der Waals surface area contributed by atoms with Gasteiger partial charge < -0.3 is 10.4 Å². The maximum absolute atomic E-state index is 8.98. The maximum atomic E-state index is 8.98. The molecule has 3 rings (SSSR count). The van der Waals surface area contributed by atoms with E-state index in [1.807, 2.05) is 0 Å². The van der Waals surface area contributed by atoms with Crippen LogP contribution in [0.1, 0.15) is 18.2 Å². The van der Waals surface area contributed by atoms with Crippen LogP contribution in [0, 0.1) is 0 Å². The minimum Gasteiger partial charge on any atom is -0.396 e. The smallest absolute Gasteiger partial charge is 0.138 e.